The fourth-order valence-corrected chi connectivity index (χ4v) is 3.80. The van der Waals surface area contributed by atoms with E-state index in [0.29, 0.717) is 12.0 Å². The van der Waals surface area contributed by atoms with Gasteiger partial charge in [-0.3, -0.25) is 4.99 Å². The molecule has 5 heteroatoms. The first kappa shape index (κ1) is 19.0. The van der Waals surface area contributed by atoms with Crippen LogP contribution in [-0.4, -0.2) is 57.4 Å². The van der Waals surface area contributed by atoms with Crippen LogP contribution in [0.3, 0.4) is 0 Å². The summed E-state index contributed by atoms with van der Waals surface area (Å²) in [5.41, 5.74) is 1.77. The van der Waals surface area contributed by atoms with E-state index >= 15 is 0 Å². The van der Waals surface area contributed by atoms with Gasteiger partial charge in [-0.25, -0.2) is 0 Å². The maximum Gasteiger partial charge on any atom is 0.193 e. The molecule has 2 aliphatic heterocycles. The van der Waals surface area contributed by atoms with Crippen molar-refractivity contribution in [3.63, 3.8) is 0 Å². The van der Waals surface area contributed by atoms with Gasteiger partial charge in [-0.2, -0.15) is 0 Å². The zero-order valence-corrected chi connectivity index (χ0v) is 16.7. The second-order valence-corrected chi connectivity index (χ2v) is 8.57. The molecule has 1 atom stereocenters. The summed E-state index contributed by atoms with van der Waals surface area (Å²) in [6.07, 6.45) is 2.37. The molecule has 2 aliphatic rings. The van der Waals surface area contributed by atoms with Crippen molar-refractivity contribution in [3.05, 3.63) is 29.8 Å². The molecule has 1 spiro atoms. The van der Waals surface area contributed by atoms with Crippen LogP contribution >= 0.6 is 0 Å². The molecule has 0 bridgehead atoms. The van der Waals surface area contributed by atoms with Gasteiger partial charge in [0.25, 0.3) is 0 Å². The first-order chi connectivity index (χ1) is 12.4. The van der Waals surface area contributed by atoms with Crippen molar-refractivity contribution in [2.75, 3.05) is 46.5 Å². The van der Waals surface area contributed by atoms with Gasteiger partial charge >= 0.3 is 0 Å². The number of nitrogens with one attached hydrogen (secondary N) is 1. The quantitative estimate of drug-likeness (QED) is 0.510. The average Bonchev–Trinajstić information content (AvgIpc) is 3.25. The van der Waals surface area contributed by atoms with Gasteiger partial charge in [0.15, 0.2) is 5.96 Å². The van der Waals surface area contributed by atoms with Gasteiger partial charge in [0.2, 0.25) is 0 Å². The lowest BCUT2D eigenvalue weighted by atomic mass is 9.87. The lowest BCUT2D eigenvalue weighted by Gasteiger charge is -2.25. The zero-order valence-electron chi connectivity index (χ0n) is 16.7. The van der Waals surface area contributed by atoms with Crippen molar-refractivity contribution in [2.45, 2.75) is 39.0 Å². The third-order valence-electron chi connectivity index (χ3n) is 5.49. The first-order valence-corrected chi connectivity index (χ1v) is 9.69. The van der Waals surface area contributed by atoms with E-state index in [2.05, 4.69) is 54.2 Å². The molecule has 26 heavy (non-hydrogen) atoms. The summed E-state index contributed by atoms with van der Waals surface area (Å²) >= 11 is 0. The number of benzene rings is 1. The monoisotopic (exact) mass is 359 g/mol. The highest BCUT2D eigenvalue weighted by Crippen LogP contribution is 2.38. The molecule has 0 saturated carbocycles. The summed E-state index contributed by atoms with van der Waals surface area (Å²) in [6.45, 7) is 11.9. The van der Waals surface area contributed by atoms with Crippen LogP contribution in [0.2, 0.25) is 0 Å². The summed E-state index contributed by atoms with van der Waals surface area (Å²) in [6, 6.07) is 8.38. The number of aliphatic imine (C=N–C) groups is 1. The predicted molar refractivity (Wildman–Crippen MR) is 106 cm³/mol. The van der Waals surface area contributed by atoms with Crippen LogP contribution in [-0.2, 0) is 10.2 Å². The van der Waals surface area contributed by atoms with E-state index in [1.54, 1.807) is 0 Å². The Balaban J connectivity index is 1.45. The number of ether oxygens (including phenoxy) is 2. The number of nitrogens with zero attached hydrogens (tertiary/aromatic N) is 2. The number of hydrogen-bond acceptors (Lipinski definition) is 3. The van der Waals surface area contributed by atoms with E-state index in [-0.39, 0.29) is 5.41 Å². The van der Waals surface area contributed by atoms with E-state index in [1.165, 1.54) is 18.4 Å². The molecular weight excluding hydrogens is 326 g/mol. The number of guanidine groups is 1. The first-order valence-electron chi connectivity index (χ1n) is 9.69. The Labute approximate surface area is 157 Å². The van der Waals surface area contributed by atoms with Crippen LogP contribution in [0.4, 0.5) is 0 Å². The summed E-state index contributed by atoms with van der Waals surface area (Å²) in [5, 5.41) is 3.44. The van der Waals surface area contributed by atoms with Crippen molar-refractivity contribution in [3.8, 4) is 5.75 Å². The molecule has 5 nitrogen and oxygen atoms in total. The minimum atomic E-state index is 0.134. The molecule has 1 N–H and O–H groups in total. The molecule has 0 aromatic heterocycles. The Hall–Kier alpha value is -1.75. The van der Waals surface area contributed by atoms with Gasteiger partial charge < -0.3 is 19.7 Å². The SMILES string of the molecule is CN=C(NCCOc1cccc(C(C)(C)C)c1)N1CCC2(CCOC2)C1. The molecule has 3 rings (SSSR count). The molecule has 2 saturated heterocycles. The topological polar surface area (TPSA) is 46.1 Å². The van der Waals surface area contributed by atoms with E-state index < -0.39 is 0 Å². The standard InChI is InChI=1S/C21H33N3O2/c1-20(2,3)17-6-5-7-18(14-17)26-13-10-23-19(22-4)24-11-8-21(15-24)9-12-25-16-21/h5-7,14H,8-13,15-16H2,1-4H3,(H,22,23). The van der Waals surface area contributed by atoms with E-state index in [4.69, 9.17) is 9.47 Å². The zero-order chi connectivity index (χ0) is 18.6. The highest BCUT2D eigenvalue weighted by molar-refractivity contribution is 5.80. The number of hydrogen-bond donors (Lipinski definition) is 1. The van der Waals surface area contributed by atoms with E-state index in [1.807, 2.05) is 13.1 Å². The van der Waals surface area contributed by atoms with Crippen LogP contribution in [0.5, 0.6) is 5.75 Å². The molecule has 1 aromatic rings. The van der Waals surface area contributed by atoms with Crippen LogP contribution in [0, 0.1) is 5.41 Å². The van der Waals surface area contributed by atoms with Crippen LogP contribution in [0.15, 0.2) is 29.3 Å². The van der Waals surface area contributed by atoms with Crippen LogP contribution in [0.1, 0.15) is 39.2 Å². The van der Waals surface area contributed by atoms with Crippen molar-refractivity contribution >= 4 is 5.96 Å². The summed E-state index contributed by atoms with van der Waals surface area (Å²) in [7, 11) is 1.85. The Morgan fingerprint density at radius 1 is 1.35 bits per heavy atom. The number of likely N-dealkylation sites (tertiary alicyclic amines) is 1. The van der Waals surface area contributed by atoms with Gasteiger partial charge in [0.05, 0.1) is 13.2 Å². The van der Waals surface area contributed by atoms with Gasteiger partial charge in [0, 0.05) is 32.2 Å². The predicted octanol–water partition coefficient (Wildman–Crippen LogP) is 3.05. The summed E-state index contributed by atoms with van der Waals surface area (Å²) in [4.78, 5) is 6.81. The maximum absolute atomic E-state index is 5.94. The second-order valence-electron chi connectivity index (χ2n) is 8.57. The van der Waals surface area contributed by atoms with E-state index in [0.717, 1.165) is 44.6 Å². The van der Waals surface area contributed by atoms with Crippen molar-refractivity contribution in [2.24, 2.45) is 10.4 Å². The fraction of sp³-hybridized carbons (Fsp3) is 0.667. The molecule has 1 unspecified atom stereocenters. The molecule has 144 valence electrons. The van der Waals surface area contributed by atoms with Gasteiger partial charge in [0.1, 0.15) is 12.4 Å². The molecule has 2 fully saturated rings. The average molecular weight is 360 g/mol. The molecule has 0 amide bonds. The van der Waals surface area contributed by atoms with Gasteiger partial charge in [-0.1, -0.05) is 32.9 Å². The number of rotatable bonds is 4. The Morgan fingerprint density at radius 3 is 2.88 bits per heavy atom. The van der Waals surface area contributed by atoms with Crippen molar-refractivity contribution in [1.29, 1.82) is 0 Å². The maximum atomic E-state index is 5.94. The lowest BCUT2D eigenvalue weighted by Crippen LogP contribution is -2.42. The Morgan fingerprint density at radius 2 is 2.19 bits per heavy atom. The van der Waals surface area contributed by atoms with Crippen LogP contribution in [0.25, 0.3) is 0 Å². The Kier molecular flexibility index (Phi) is 5.76. The second kappa shape index (κ2) is 7.87. The van der Waals surface area contributed by atoms with Gasteiger partial charge in [-0.15, -0.1) is 0 Å². The normalized spacial score (nSPS) is 23.7. The van der Waals surface area contributed by atoms with E-state index in [9.17, 15) is 0 Å². The largest absolute Gasteiger partial charge is 0.492 e. The highest BCUT2D eigenvalue weighted by atomic mass is 16.5. The molecule has 0 aliphatic carbocycles. The fourth-order valence-electron chi connectivity index (χ4n) is 3.80. The highest BCUT2D eigenvalue weighted by Gasteiger charge is 2.42. The molecule has 2 heterocycles. The molecule has 1 aromatic carbocycles. The minimum Gasteiger partial charge on any atom is -0.492 e. The summed E-state index contributed by atoms with van der Waals surface area (Å²) < 4.78 is 11.6. The Bertz CT molecular complexity index is 630. The third kappa shape index (κ3) is 4.50. The minimum absolute atomic E-state index is 0.134. The third-order valence-corrected chi connectivity index (χ3v) is 5.49. The van der Waals surface area contributed by atoms with Crippen LogP contribution < -0.4 is 10.1 Å². The lowest BCUT2D eigenvalue weighted by molar-refractivity contribution is 0.156. The van der Waals surface area contributed by atoms with Crippen molar-refractivity contribution in [1.82, 2.24) is 10.2 Å². The van der Waals surface area contributed by atoms with Gasteiger partial charge in [-0.05, 0) is 36.0 Å². The molecule has 0 radical (unpaired) electrons. The summed E-state index contributed by atoms with van der Waals surface area (Å²) in [5.74, 6) is 1.90. The van der Waals surface area contributed by atoms with Crippen molar-refractivity contribution < 1.29 is 9.47 Å². The molecular formula is C21H33N3O2. The smallest absolute Gasteiger partial charge is 0.193 e.